The SMILES string of the molecule is COc1ccc(CSc2nc(=O)n3ccc(C)cc3n2)cc1. The summed E-state index contributed by atoms with van der Waals surface area (Å²) in [5.74, 6) is 1.52. The standard InChI is InChI=1S/C16H15N3O2S/c1-11-7-8-19-14(9-11)17-15(18-16(19)20)22-10-12-3-5-13(21-2)6-4-12/h3-9H,10H2,1-2H3. The van der Waals surface area contributed by atoms with Crippen molar-refractivity contribution in [3.8, 4) is 5.75 Å². The van der Waals surface area contributed by atoms with Crippen LogP contribution in [0.2, 0.25) is 0 Å². The molecule has 6 heteroatoms. The number of benzene rings is 1. The summed E-state index contributed by atoms with van der Waals surface area (Å²) in [6.45, 7) is 1.97. The van der Waals surface area contributed by atoms with Crippen LogP contribution in [-0.2, 0) is 5.75 Å². The molecule has 22 heavy (non-hydrogen) atoms. The Hall–Kier alpha value is -2.34. The maximum Gasteiger partial charge on any atom is 0.355 e. The number of methoxy groups -OCH3 is 1. The Morgan fingerprint density at radius 2 is 1.95 bits per heavy atom. The molecule has 0 fully saturated rings. The average molecular weight is 313 g/mol. The van der Waals surface area contributed by atoms with Crippen LogP contribution >= 0.6 is 11.8 Å². The molecule has 0 radical (unpaired) electrons. The van der Waals surface area contributed by atoms with Crippen LogP contribution in [0.1, 0.15) is 11.1 Å². The van der Waals surface area contributed by atoms with Gasteiger partial charge in [0, 0.05) is 11.9 Å². The van der Waals surface area contributed by atoms with Crippen LogP contribution in [0.15, 0.2) is 52.5 Å². The Labute approximate surface area is 132 Å². The summed E-state index contributed by atoms with van der Waals surface area (Å²) in [6.07, 6.45) is 1.70. The molecule has 0 aliphatic heterocycles. The van der Waals surface area contributed by atoms with Gasteiger partial charge in [0.15, 0.2) is 5.16 Å². The third-order valence-electron chi connectivity index (χ3n) is 3.22. The fourth-order valence-corrected chi connectivity index (χ4v) is 2.82. The first-order chi connectivity index (χ1) is 10.7. The van der Waals surface area contributed by atoms with Crippen LogP contribution < -0.4 is 10.4 Å². The van der Waals surface area contributed by atoms with Gasteiger partial charge in [0.25, 0.3) is 0 Å². The van der Waals surface area contributed by atoms with Gasteiger partial charge in [-0.05, 0) is 42.3 Å². The Morgan fingerprint density at radius 1 is 1.18 bits per heavy atom. The maximum absolute atomic E-state index is 12.0. The number of thioether (sulfide) groups is 1. The third kappa shape index (κ3) is 3.12. The second kappa shape index (κ2) is 6.19. The number of nitrogens with zero attached hydrogens (tertiary/aromatic N) is 3. The number of fused-ring (bicyclic) bond motifs is 1. The van der Waals surface area contributed by atoms with Gasteiger partial charge in [-0.1, -0.05) is 23.9 Å². The predicted octanol–water partition coefficient (Wildman–Crippen LogP) is 2.70. The van der Waals surface area contributed by atoms with Crippen LogP contribution in [0.4, 0.5) is 0 Å². The molecule has 0 spiro atoms. The second-order valence-corrected chi connectivity index (χ2v) is 5.80. The van der Waals surface area contributed by atoms with Crippen molar-refractivity contribution in [3.05, 3.63) is 64.2 Å². The summed E-state index contributed by atoms with van der Waals surface area (Å²) >= 11 is 1.45. The highest BCUT2D eigenvalue weighted by atomic mass is 32.2. The normalized spacial score (nSPS) is 10.8. The monoisotopic (exact) mass is 313 g/mol. The van der Waals surface area contributed by atoms with Crippen molar-refractivity contribution >= 4 is 17.4 Å². The molecule has 0 unspecified atom stereocenters. The van der Waals surface area contributed by atoms with E-state index in [4.69, 9.17) is 4.74 Å². The van der Waals surface area contributed by atoms with Gasteiger partial charge in [-0.3, -0.25) is 4.40 Å². The first-order valence-corrected chi connectivity index (χ1v) is 7.77. The van der Waals surface area contributed by atoms with E-state index in [1.165, 1.54) is 16.2 Å². The number of pyridine rings is 1. The molecule has 0 N–H and O–H groups in total. The van der Waals surface area contributed by atoms with E-state index in [0.717, 1.165) is 16.9 Å². The van der Waals surface area contributed by atoms with Crippen molar-refractivity contribution in [1.29, 1.82) is 0 Å². The topological polar surface area (TPSA) is 56.5 Å². The van der Waals surface area contributed by atoms with E-state index >= 15 is 0 Å². The fraction of sp³-hybridized carbons (Fsp3) is 0.188. The summed E-state index contributed by atoms with van der Waals surface area (Å²) in [4.78, 5) is 20.4. The molecular weight excluding hydrogens is 298 g/mol. The number of hydrogen-bond acceptors (Lipinski definition) is 5. The van der Waals surface area contributed by atoms with E-state index < -0.39 is 0 Å². The molecular formula is C16H15N3O2S. The molecule has 2 aromatic heterocycles. The molecule has 0 atom stereocenters. The van der Waals surface area contributed by atoms with Gasteiger partial charge < -0.3 is 4.74 Å². The molecule has 3 aromatic rings. The van der Waals surface area contributed by atoms with Crippen LogP contribution in [0.5, 0.6) is 5.75 Å². The molecule has 112 valence electrons. The van der Waals surface area contributed by atoms with E-state index in [1.54, 1.807) is 13.3 Å². The summed E-state index contributed by atoms with van der Waals surface area (Å²) in [7, 11) is 1.64. The average Bonchev–Trinajstić information content (AvgIpc) is 2.53. The van der Waals surface area contributed by atoms with Crippen LogP contribution in [0, 0.1) is 6.92 Å². The first kappa shape index (κ1) is 14.6. The van der Waals surface area contributed by atoms with E-state index in [1.807, 2.05) is 43.3 Å². The molecule has 1 aromatic carbocycles. The molecule has 0 bridgehead atoms. The molecule has 3 rings (SSSR count). The maximum atomic E-state index is 12.0. The van der Waals surface area contributed by atoms with Crippen molar-refractivity contribution in [2.75, 3.05) is 7.11 Å². The first-order valence-electron chi connectivity index (χ1n) is 6.78. The number of ether oxygens (including phenoxy) is 1. The van der Waals surface area contributed by atoms with Crippen molar-refractivity contribution in [1.82, 2.24) is 14.4 Å². The molecule has 2 heterocycles. The predicted molar refractivity (Wildman–Crippen MR) is 86.5 cm³/mol. The van der Waals surface area contributed by atoms with E-state index in [9.17, 15) is 4.79 Å². The van der Waals surface area contributed by atoms with Crippen LogP contribution in [-0.4, -0.2) is 21.5 Å². The van der Waals surface area contributed by atoms with Gasteiger partial charge in [-0.15, -0.1) is 0 Å². The summed E-state index contributed by atoms with van der Waals surface area (Å²) in [6, 6.07) is 11.5. The largest absolute Gasteiger partial charge is 0.497 e. The summed E-state index contributed by atoms with van der Waals surface area (Å²) in [5.41, 5.74) is 2.50. The lowest BCUT2D eigenvalue weighted by atomic mass is 10.2. The van der Waals surface area contributed by atoms with E-state index in [2.05, 4.69) is 9.97 Å². The third-order valence-corrected chi connectivity index (χ3v) is 4.14. The Balaban J connectivity index is 1.82. The highest BCUT2D eigenvalue weighted by Gasteiger charge is 2.05. The van der Waals surface area contributed by atoms with Crippen molar-refractivity contribution < 1.29 is 4.74 Å². The lowest BCUT2D eigenvalue weighted by Crippen LogP contribution is -2.19. The van der Waals surface area contributed by atoms with Crippen molar-refractivity contribution in [3.63, 3.8) is 0 Å². The Kier molecular flexibility index (Phi) is 4.11. The van der Waals surface area contributed by atoms with Gasteiger partial charge in [0.05, 0.1) is 7.11 Å². The summed E-state index contributed by atoms with van der Waals surface area (Å²) in [5, 5.41) is 0.492. The number of rotatable bonds is 4. The van der Waals surface area contributed by atoms with Gasteiger partial charge in [-0.25, -0.2) is 9.78 Å². The van der Waals surface area contributed by atoms with E-state index in [-0.39, 0.29) is 5.69 Å². The molecule has 0 saturated heterocycles. The highest BCUT2D eigenvalue weighted by molar-refractivity contribution is 7.98. The lowest BCUT2D eigenvalue weighted by molar-refractivity contribution is 0.414. The molecule has 0 amide bonds. The second-order valence-electron chi connectivity index (χ2n) is 4.86. The van der Waals surface area contributed by atoms with Gasteiger partial charge >= 0.3 is 5.69 Å². The van der Waals surface area contributed by atoms with Crippen molar-refractivity contribution in [2.24, 2.45) is 0 Å². The van der Waals surface area contributed by atoms with E-state index in [0.29, 0.717) is 16.6 Å². The fourth-order valence-electron chi connectivity index (χ4n) is 2.03. The van der Waals surface area contributed by atoms with Crippen LogP contribution in [0.25, 0.3) is 5.65 Å². The zero-order chi connectivity index (χ0) is 15.5. The Morgan fingerprint density at radius 3 is 2.68 bits per heavy atom. The highest BCUT2D eigenvalue weighted by Crippen LogP contribution is 2.20. The quantitative estimate of drug-likeness (QED) is 0.693. The minimum absolute atomic E-state index is 0.303. The Bertz CT molecular complexity index is 859. The number of hydrogen-bond donors (Lipinski definition) is 0. The zero-order valence-corrected chi connectivity index (χ0v) is 13.1. The molecule has 0 aliphatic carbocycles. The van der Waals surface area contributed by atoms with Crippen molar-refractivity contribution in [2.45, 2.75) is 17.8 Å². The molecule has 0 aliphatic rings. The smallest absolute Gasteiger partial charge is 0.355 e. The van der Waals surface area contributed by atoms with Crippen LogP contribution in [0.3, 0.4) is 0 Å². The summed E-state index contributed by atoms with van der Waals surface area (Å²) < 4.78 is 6.58. The minimum atomic E-state index is -0.303. The van der Waals surface area contributed by atoms with Gasteiger partial charge in [0.2, 0.25) is 0 Å². The van der Waals surface area contributed by atoms with Gasteiger partial charge in [-0.2, -0.15) is 4.98 Å². The van der Waals surface area contributed by atoms with Gasteiger partial charge in [0.1, 0.15) is 11.4 Å². The minimum Gasteiger partial charge on any atom is -0.497 e. The molecule has 0 saturated carbocycles. The zero-order valence-electron chi connectivity index (χ0n) is 12.3. The lowest BCUT2D eigenvalue weighted by Gasteiger charge is -2.05. The molecule has 5 nitrogen and oxygen atoms in total. The number of aromatic nitrogens is 3. The number of aryl methyl sites for hydroxylation is 1.